The fourth-order valence-corrected chi connectivity index (χ4v) is 2.84. The largest absolute Gasteiger partial charge is 0.325 e. The minimum Gasteiger partial charge on any atom is -0.325 e. The Labute approximate surface area is 85.3 Å². The van der Waals surface area contributed by atoms with Crippen molar-refractivity contribution in [3.8, 4) is 0 Å². The number of nitrogens with two attached hydrogens (primary N) is 1. The first-order valence-corrected chi connectivity index (χ1v) is 5.66. The van der Waals surface area contributed by atoms with Crippen LogP contribution in [0.2, 0.25) is 0 Å². The molecule has 2 aliphatic carbocycles. The van der Waals surface area contributed by atoms with Crippen LogP contribution in [0.3, 0.4) is 0 Å². The number of hydrogen-bond acceptors (Lipinski definition) is 1. The van der Waals surface area contributed by atoms with E-state index in [-0.39, 0.29) is 5.54 Å². The molecule has 0 radical (unpaired) electrons. The summed E-state index contributed by atoms with van der Waals surface area (Å²) in [6.45, 7) is 0. The van der Waals surface area contributed by atoms with E-state index in [0.717, 1.165) is 0 Å². The highest BCUT2D eigenvalue weighted by Crippen LogP contribution is 2.49. The smallest absolute Gasteiger partial charge is 0.0225 e. The average molecular weight is 187 g/mol. The van der Waals surface area contributed by atoms with Gasteiger partial charge in [-0.1, -0.05) is 24.3 Å². The lowest BCUT2D eigenvalue weighted by molar-refractivity contribution is 0.449. The zero-order valence-electron chi connectivity index (χ0n) is 8.50. The molecule has 1 nitrogen and oxygen atoms in total. The SMILES string of the molecule is NC1(C2CCCc3ccccc32)CC1. The summed E-state index contributed by atoms with van der Waals surface area (Å²) < 4.78 is 0. The van der Waals surface area contributed by atoms with Crippen molar-refractivity contribution in [3.63, 3.8) is 0 Å². The minimum atomic E-state index is 0.163. The second kappa shape index (κ2) is 2.83. The molecule has 2 aliphatic rings. The maximum absolute atomic E-state index is 6.34. The van der Waals surface area contributed by atoms with E-state index in [4.69, 9.17) is 5.73 Å². The molecule has 0 amide bonds. The summed E-state index contributed by atoms with van der Waals surface area (Å²) >= 11 is 0. The Morgan fingerprint density at radius 3 is 2.79 bits per heavy atom. The Hall–Kier alpha value is -0.820. The summed E-state index contributed by atoms with van der Waals surface area (Å²) in [5, 5.41) is 0. The Morgan fingerprint density at radius 1 is 1.21 bits per heavy atom. The summed E-state index contributed by atoms with van der Waals surface area (Å²) in [5.74, 6) is 0.646. The molecular weight excluding hydrogens is 170 g/mol. The van der Waals surface area contributed by atoms with E-state index < -0.39 is 0 Å². The fraction of sp³-hybridized carbons (Fsp3) is 0.538. The maximum atomic E-state index is 6.34. The topological polar surface area (TPSA) is 26.0 Å². The third kappa shape index (κ3) is 1.19. The zero-order chi connectivity index (χ0) is 9.60. The van der Waals surface area contributed by atoms with Gasteiger partial charge in [0, 0.05) is 11.5 Å². The van der Waals surface area contributed by atoms with Crippen molar-refractivity contribution in [1.82, 2.24) is 0 Å². The molecule has 2 N–H and O–H groups in total. The van der Waals surface area contributed by atoms with Crippen molar-refractivity contribution in [3.05, 3.63) is 35.4 Å². The van der Waals surface area contributed by atoms with Gasteiger partial charge in [0.05, 0.1) is 0 Å². The zero-order valence-corrected chi connectivity index (χ0v) is 8.50. The summed E-state index contributed by atoms with van der Waals surface area (Å²) in [7, 11) is 0. The van der Waals surface area contributed by atoms with Crippen LogP contribution in [0.4, 0.5) is 0 Å². The van der Waals surface area contributed by atoms with Crippen LogP contribution in [0.25, 0.3) is 0 Å². The summed E-state index contributed by atoms with van der Waals surface area (Å²) in [6, 6.07) is 8.86. The predicted molar refractivity (Wildman–Crippen MR) is 58.3 cm³/mol. The first-order valence-electron chi connectivity index (χ1n) is 5.66. The van der Waals surface area contributed by atoms with E-state index in [0.29, 0.717) is 5.92 Å². The van der Waals surface area contributed by atoms with Crippen molar-refractivity contribution >= 4 is 0 Å². The highest BCUT2D eigenvalue weighted by molar-refractivity contribution is 5.36. The van der Waals surface area contributed by atoms with E-state index in [1.807, 2.05) is 0 Å². The van der Waals surface area contributed by atoms with Crippen LogP contribution in [0, 0.1) is 0 Å². The van der Waals surface area contributed by atoms with Crippen molar-refractivity contribution in [2.24, 2.45) is 5.73 Å². The van der Waals surface area contributed by atoms with Gasteiger partial charge in [-0.05, 0) is 43.2 Å². The first-order chi connectivity index (χ1) is 6.80. The third-order valence-electron chi connectivity index (χ3n) is 3.89. The second-order valence-corrected chi connectivity index (χ2v) is 4.88. The van der Waals surface area contributed by atoms with Crippen molar-refractivity contribution < 1.29 is 0 Å². The Bertz CT molecular complexity index is 352. The van der Waals surface area contributed by atoms with Gasteiger partial charge in [0.2, 0.25) is 0 Å². The van der Waals surface area contributed by atoms with E-state index in [9.17, 15) is 0 Å². The lowest BCUT2D eigenvalue weighted by atomic mass is 9.78. The molecule has 3 rings (SSSR count). The lowest BCUT2D eigenvalue weighted by Gasteiger charge is -2.30. The van der Waals surface area contributed by atoms with Crippen LogP contribution >= 0.6 is 0 Å². The molecule has 1 aromatic rings. The molecular formula is C13H17N. The molecule has 0 bridgehead atoms. The standard InChI is InChI=1S/C13H17N/c14-13(8-9-13)12-7-3-5-10-4-1-2-6-11(10)12/h1-2,4,6,12H,3,5,7-9,14H2. The summed E-state index contributed by atoms with van der Waals surface area (Å²) in [6.07, 6.45) is 6.33. The van der Waals surface area contributed by atoms with Gasteiger partial charge in [0.1, 0.15) is 0 Å². The highest BCUT2D eigenvalue weighted by atomic mass is 14.8. The van der Waals surface area contributed by atoms with Gasteiger partial charge in [-0.2, -0.15) is 0 Å². The van der Waals surface area contributed by atoms with Gasteiger partial charge in [-0.15, -0.1) is 0 Å². The number of fused-ring (bicyclic) bond motifs is 1. The average Bonchev–Trinajstić information content (AvgIpc) is 2.97. The van der Waals surface area contributed by atoms with Crippen molar-refractivity contribution in [2.45, 2.75) is 43.6 Å². The van der Waals surface area contributed by atoms with Gasteiger partial charge in [0.15, 0.2) is 0 Å². The van der Waals surface area contributed by atoms with Crippen molar-refractivity contribution in [2.75, 3.05) is 0 Å². The molecule has 1 saturated carbocycles. The van der Waals surface area contributed by atoms with Gasteiger partial charge >= 0.3 is 0 Å². The number of benzene rings is 1. The first kappa shape index (κ1) is 8.49. The van der Waals surface area contributed by atoms with Crippen LogP contribution in [-0.4, -0.2) is 5.54 Å². The molecule has 1 atom stereocenters. The Morgan fingerprint density at radius 2 is 2.00 bits per heavy atom. The molecule has 1 heteroatoms. The molecule has 1 fully saturated rings. The molecule has 0 aliphatic heterocycles. The predicted octanol–water partition coefficient (Wildman–Crippen LogP) is 2.60. The summed E-state index contributed by atoms with van der Waals surface area (Å²) in [4.78, 5) is 0. The molecule has 1 unspecified atom stereocenters. The Kier molecular flexibility index (Phi) is 1.72. The van der Waals surface area contributed by atoms with Gasteiger partial charge < -0.3 is 5.73 Å². The van der Waals surface area contributed by atoms with E-state index in [2.05, 4.69) is 24.3 Å². The lowest BCUT2D eigenvalue weighted by Crippen LogP contribution is -2.32. The van der Waals surface area contributed by atoms with Crippen LogP contribution in [0.15, 0.2) is 24.3 Å². The molecule has 1 aromatic carbocycles. The fourth-order valence-electron chi connectivity index (χ4n) is 2.84. The highest BCUT2D eigenvalue weighted by Gasteiger charge is 2.47. The van der Waals surface area contributed by atoms with Crippen LogP contribution < -0.4 is 5.73 Å². The Balaban J connectivity index is 2.02. The minimum absolute atomic E-state index is 0.163. The molecule has 14 heavy (non-hydrogen) atoms. The van der Waals surface area contributed by atoms with Crippen LogP contribution in [0.1, 0.15) is 42.7 Å². The van der Waals surface area contributed by atoms with Gasteiger partial charge in [-0.3, -0.25) is 0 Å². The number of rotatable bonds is 1. The molecule has 0 heterocycles. The van der Waals surface area contributed by atoms with E-state index >= 15 is 0 Å². The quantitative estimate of drug-likeness (QED) is 0.718. The normalized spacial score (nSPS) is 28.2. The van der Waals surface area contributed by atoms with Crippen molar-refractivity contribution in [1.29, 1.82) is 0 Å². The van der Waals surface area contributed by atoms with Crippen LogP contribution in [0.5, 0.6) is 0 Å². The monoisotopic (exact) mass is 187 g/mol. The molecule has 0 saturated heterocycles. The third-order valence-corrected chi connectivity index (χ3v) is 3.89. The maximum Gasteiger partial charge on any atom is 0.0225 e. The van der Waals surface area contributed by atoms with Gasteiger partial charge in [-0.25, -0.2) is 0 Å². The van der Waals surface area contributed by atoms with E-state index in [1.54, 1.807) is 11.1 Å². The summed E-state index contributed by atoms with van der Waals surface area (Å²) in [5.41, 5.74) is 9.58. The molecule has 0 aromatic heterocycles. The second-order valence-electron chi connectivity index (χ2n) is 4.88. The van der Waals surface area contributed by atoms with Gasteiger partial charge in [0.25, 0.3) is 0 Å². The van der Waals surface area contributed by atoms with Crippen LogP contribution in [-0.2, 0) is 6.42 Å². The molecule has 74 valence electrons. The number of aryl methyl sites for hydroxylation is 1. The van der Waals surface area contributed by atoms with E-state index in [1.165, 1.54) is 32.1 Å². The molecule has 0 spiro atoms. The number of hydrogen-bond donors (Lipinski definition) is 1.